The van der Waals surface area contributed by atoms with E-state index in [-0.39, 0.29) is 46.5 Å². The highest BCUT2D eigenvalue weighted by Crippen LogP contribution is 2.53. The van der Waals surface area contributed by atoms with Crippen LogP contribution in [-0.2, 0) is 14.8 Å². The van der Waals surface area contributed by atoms with Gasteiger partial charge in [-0.05, 0) is 101 Å². The number of alkyl halides is 3. The van der Waals surface area contributed by atoms with Crippen molar-refractivity contribution in [2.75, 3.05) is 24.4 Å². The van der Waals surface area contributed by atoms with E-state index in [1.807, 2.05) is 32.0 Å². The zero-order valence-corrected chi connectivity index (χ0v) is 32.5. The average Bonchev–Trinajstić information content (AvgIpc) is 3.07. The van der Waals surface area contributed by atoms with E-state index in [2.05, 4.69) is 14.7 Å². The van der Waals surface area contributed by atoms with Gasteiger partial charge in [-0.2, -0.15) is 18.2 Å². The molecule has 54 heavy (non-hydrogen) atoms. The van der Waals surface area contributed by atoms with Crippen molar-refractivity contribution in [1.82, 2.24) is 19.8 Å². The van der Waals surface area contributed by atoms with Gasteiger partial charge < -0.3 is 19.3 Å². The summed E-state index contributed by atoms with van der Waals surface area (Å²) < 4.78 is 85.6. The van der Waals surface area contributed by atoms with Gasteiger partial charge in [-0.25, -0.2) is 22.9 Å². The number of nitrogens with zero attached hydrogens (tertiary/aromatic N) is 4. The number of hydrogen-bond donors (Lipinski definition) is 1. The Labute approximate surface area is 314 Å². The molecule has 6 rings (SSSR count). The van der Waals surface area contributed by atoms with Gasteiger partial charge in [-0.1, -0.05) is 38.1 Å². The van der Waals surface area contributed by atoms with Gasteiger partial charge in [-0.3, -0.25) is 4.79 Å². The molecule has 4 bridgehead atoms. The topological polar surface area (TPSA) is 131 Å². The molecule has 3 heterocycles. The number of amides is 2. The van der Waals surface area contributed by atoms with Gasteiger partial charge in [0.15, 0.2) is 0 Å². The molecule has 0 radical (unpaired) electrons. The number of piperidine rings is 1. The summed E-state index contributed by atoms with van der Waals surface area (Å²) in [4.78, 5) is 39.2. The second-order valence-electron chi connectivity index (χ2n) is 16.0. The van der Waals surface area contributed by atoms with Crippen LogP contribution in [0, 0.1) is 31.6 Å². The summed E-state index contributed by atoms with van der Waals surface area (Å²) >= 11 is 0. The third-order valence-corrected chi connectivity index (χ3v) is 12.5. The van der Waals surface area contributed by atoms with Crippen LogP contribution in [-0.4, -0.2) is 84.2 Å². The molecule has 2 amide bonds. The van der Waals surface area contributed by atoms with Crippen LogP contribution < -0.4 is 9.46 Å². The number of carbonyl (C=O) groups excluding carboxylic acids is 2. The number of aromatic nitrogens is 2. The zero-order chi connectivity index (χ0) is 39.4. The molecule has 3 aromatic rings. The molecule has 1 aliphatic carbocycles. The molecule has 1 N–H and O–H groups in total. The monoisotopic (exact) mass is 771 g/mol. The number of hydrogen-bond acceptors (Lipinski definition) is 8. The molecule has 2 aliphatic heterocycles. The van der Waals surface area contributed by atoms with E-state index < -0.39 is 46.0 Å². The lowest BCUT2D eigenvalue weighted by atomic mass is 9.59. The SMILES string of the molecule is Cc1cccc(C)c1-c1nc2nc(c1C)OC[C@@H](CC(C)(C)C(F)(F)F)N(C1CC3(CCN(C(=O)OC(C)C)CC3)C1)C(=O)c1cccc(c1)S(=O)(=O)N2. The Hall–Kier alpha value is -4.40. The fourth-order valence-corrected chi connectivity index (χ4v) is 8.96. The maximum Gasteiger partial charge on any atom is 0.410 e. The van der Waals surface area contributed by atoms with Crippen molar-refractivity contribution in [3.05, 3.63) is 64.7 Å². The number of aryl methyl sites for hydroxylation is 2. The third kappa shape index (κ3) is 7.74. The number of sulfonamides is 1. The molecule has 292 valence electrons. The molecular formula is C39H48F3N5O6S. The van der Waals surface area contributed by atoms with Crippen LogP contribution in [0.1, 0.15) is 86.8 Å². The molecule has 11 nitrogen and oxygen atoms in total. The van der Waals surface area contributed by atoms with Gasteiger partial charge >= 0.3 is 12.3 Å². The Morgan fingerprint density at radius 3 is 2.28 bits per heavy atom. The largest absolute Gasteiger partial charge is 0.475 e. The molecule has 1 atom stereocenters. The Balaban J connectivity index is 1.43. The zero-order valence-electron chi connectivity index (χ0n) is 31.7. The van der Waals surface area contributed by atoms with Crippen molar-refractivity contribution >= 4 is 28.0 Å². The first-order valence-corrected chi connectivity index (χ1v) is 19.7. The first kappa shape index (κ1) is 39.3. The van der Waals surface area contributed by atoms with Crippen LogP contribution >= 0.6 is 0 Å². The molecular weight excluding hydrogens is 724 g/mol. The predicted octanol–water partition coefficient (Wildman–Crippen LogP) is 7.84. The lowest BCUT2D eigenvalue weighted by molar-refractivity contribution is -0.219. The highest BCUT2D eigenvalue weighted by Gasteiger charge is 2.54. The van der Waals surface area contributed by atoms with E-state index in [1.54, 1.807) is 25.7 Å². The van der Waals surface area contributed by atoms with Gasteiger partial charge in [0.2, 0.25) is 11.8 Å². The van der Waals surface area contributed by atoms with Crippen molar-refractivity contribution in [3.63, 3.8) is 0 Å². The van der Waals surface area contributed by atoms with Crippen LogP contribution in [0.15, 0.2) is 47.4 Å². The molecule has 1 saturated carbocycles. The number of likely N-dealkylation sites (tertiary alicyclic amines) is 1. The van der Waals surface area contributed by atoms with Crippen molar-refractivity contribution in [3.8, 4) is 17.1 Å². The van der Waals surface area contributed by atoms with Crippen LogP contribution in [0.5, 0.6) is 5.88 Å². The number of benzene rings is 2. The second-order valence-corrected chi connectivity index (χ2v) is 17.7. The third-order valence-electron chi connectivity index (χ3n) is 11.1. The van der Waals surface area contributed by atoms with Crippen molar-refractivity contribution in [1.29, 1.82) is 0 Å². The summed E-state index contributed by atoms with van der Waals surface area (Å²) in [5.41, 5.74) is 0.904. The first-order valence-electron chi connectivity index (χ1n) is 18.3. The van der Waals surface area contributed by atoms with Crippen LogP contribution in [0.4, 0.5) is 23.9 Å². The lowest BCUT2D eigenvalue weighted by Crippen LogP contribution is -2.61. The quantitative estimate of drug-likeness (QED) is 0.278. The van der Waals surface area contributed by atoms with Gasteiger partial charge in [0, 0.05) is 35.8 Å². The van der Waals surface area contributed by atoms with E-state index in [1.165, 1.54) is 29.2 Å². The summed E-state index contributed by atoms with van der Waals surface area (Å²) in [5.74, 6) is -0.890. The Morgan fingerprint density at radius 2 is 1.67 bits per heavy atom. The molecule has 2 fully saturated rings. The number of anilines is 1. The van der Waals surface area contributed by atoms with E-state index in [0.717, 1.165) is 30.5 Å². The Bertz CT molecular complexity index is 2020. The highest BCUT2D eigenvalue weighted by molar-refractivity contribution is 7.92. The average molecular weight is 772 g/mol. The van der Waals surface area contributed by atoms with Crippen LogP contribution in [0.25, 0.3) is 11.3 Å². The van der Waals surface area contributed by atoms with Gasteiger partial charge in [-0.15, -0.1) is 0 Å². The fraction of sp³-hybridized carbons (Fsp3) is 0.538. The number of halogens is 3. The molecule has 1 saturated heterocycles. The summed E-state index contributed by atoms with van der Waals surface area (Å²) in [6.07, 6.45) is -3.43. The maximum absolute atomic E-state index is 14.7. The van der Waals surface area contributed by atoms with E-state index >= 15 is 0 Å². The van der Waals surface area contributed by atoms with Crippen molar-refractivity contribution in [2.24, 2.45) is 10.8 Å². The van der Waals surface area contributed by atoms with Crippen LogP contribution in [0.2, 0.25) is 0 Å². The summed E-state index contributed by atoms with van der Waals surface area (Å²) in [6, 6.07) is 9.59. The number of rotatable bonds is 5. The minimum atomic E-state index is -4.60. The van der Waals surface area contributed by atoms with Crippen molar-refractivity contribution in [2.45, 2.75) is 110 Å². The molecule has 2 aromatic carbocycles. The smallest absolute Gasteiger partial charge is 0.410 e. The minimum absolute atomic E-state index is 0.0131. The second kappa shape index (κ2) is 14.3. The maximum atomic E-state index is 14.7. The van der Waals surface area contributed by atoms with Crippen LogP contribution in [0.3, 0.4) is 0 Å². The number of nitrogens with one attached hydrogen (secondary N) is 1. The first-order chi connectivity index (χ1) is 25.2. The minimum Gasteiger partial charge on any atom is -0.475 e. The summed E-state index contributed by atoms with van der Waals surface area (Å²) in [5, 5.41) is 0. The number of carbonyl (C=O) groups is 2. The predicted molar refractivity (Wildman–Crippen MR) is 197 cm³/mol. The Morgan fingerprint density at radius 1 is 1.04 bits per heavy atom. The van der Waals surface area contributed by atoms with Gasteiger partial charge in [0.1, 0.15) is 6.61 Å². The van der Waals surface area contributed by atoms with Gasteiger partial charge in [0.05, 0.1) is 28.2 Å². The Kier molecular flexibility index (Phi) is 10.4. The van der Waals surface area contributed by atoms with E-state index in [9.17, 15) is 31.2 Å². The van der Waals surface area contributed by atoms with E-state index in [4.69, 9.17) is 9.47 Å². The normalized spacial score (nSPS) is 20.3. The number of fused-ring (bicyclic) bond motifs is 4. The number of ether oxygens (including phenoxy) is 2. The summed E-state index contributed by atoms with van der Waals surface area (Å²) in [6.45, 7) is 11.9. The molecule has 15 heteroatoms. The molecule has 1 spiro atoms. The highest BCUT2D eigenvalue weighted by atomic mass is 32.2. The fourth-order valence-electron chi connectivity index (χ4n) is 7.97. The van der Waals surface area contributed by atoms with E-state index in [0.29, 0.717) is 50.0 Å². The molecule has 3 aliphatic rings. The lowest BCUT2D eigenvalue weighted by Gasteiger charge is -2.56. The van der Waals surface area contributed by atoms with Crippen molar-refractivity contribution < 1.29 is 40.7 Å². The van der Waals surface area contributed by atoms with Gasteiger partial charge in [0.25, 0.3) is 15.9 Å². The molecule has 0 unspecified atom stereocenters. The standard InChI is InChI=1S/C39H48F3N5O6S/c1-23(2)53-36(49)46-16-14-38(15-17-46)20-28(21-38)47-29(19-37(6,7)39(40,41)42)22-52-33-26(5)32(31-24(3)10-8-11-25(31)4)43-35(44-33)45-54(50,51)30-13-9-12-27(18-30)34(47)48/h8-13,18,23,28-29H,14-17,19-22H2,1-7H3,(H,43,44,45)/t29-/m1/s1. The summed E-state index contributed by atoms with van der Waals surface area (Å²) in [7, 11) is -4.34. The molecule has 1 aromatic heterocycles.